The number of nitrogens with zero attached hydrogens (tertiary/aromatic N) is 3. The van der Waals surface area contributed by atoms with Crippen LogP contribution in [0.4, 0.5) is 0 Å². The zero-order valence-electron chi connectivity index (χ0n) is 9.80. The van der Waals surface area contributed by atoms with E-state index in [1.54, 1.807) is 7.11 Å². The van der Waals surface area contributed by atoms with E-state index in [9.17, 15) is 0 Å². The molecule has 0 fully saturated rings. The monoisotopic (exact) mass is 236 g/mol. The van der Waals surface area contributed by atoms with Gasteiger partial charge in [-0.2, -0.15) is 4.98 Å². The quantitative estimate of drug-likeness (QED) is 0.715. The summed E-state index contributed by atoms with van der Waals surface area (Å²) in [6.45, 7) is 3.05. The first kappa shape index (κ1) is 11.8. The van der Waals surface area contributed by atoms with E-state index in [1.807, 2.05) is 10.8 Å². The van der Waals surface area contributed by atoms with E-state index in [0.29, 0.717) is 12.4 Å². The fourth-order valence-electron chi connectivity index (χ4n) is 1.53. The van der Waals surface area contributed by atoms with Crippen LogP contribution in [0.5, 0.6) is 0 Å². The van der Waals surface area contributed by atoms with Gasteiger partial charge in [0.05, 0.1) is 13.2 Å². The van der Waals surface area contributed by atoms with Crippen LogP contribution in [0, 0.1) is 0 Å². The van der Waals surface area contributed by atoms with Crippen LogP contribution in [0.25, 0.3) is 0 Å². The van der Waals surface area contributed by atoms with Crippen molar-refractivity contribution < 1.29 is 9.26 Å². The van der Waals surface area contributed by atoms with Crippen LogP contribution in [0.1, 0.15) is 11.4 Å². The number of nitrogens with one attached hydrogen (secondary N) is 1. The van der Waals surface area contributed by atoms with Crippen LogP contribution in [-0.4, -0.2) is 35.0 Å². The minimum Gasteiger partial charge on any atom is -0.383 e. The lowest BCUT2D eigenvalue weighted by Gasteiger charge is -2.01. The Bertz CT molecular complexity index is 424. The van der Waals surface area contributed by atoms with Gasteiger partial charge in [-0.25, -0.2) is 0 Å². The van der Waals surface area contributed by atoms with Crippen molar-refractivity contribution in [2.45, 2.75) is 13.1 Å². The van der Waals surface area contributed by atoms with Crippen molar-refractivity contribution in [3.8, 4) is 0 Å². The minimum absolute atomic E-state index is 0.634. The molecule has 0 saturated heterocycles. The summed E-state index contributed by atoms with van der Waals surface area (Å²) in [5.41, 5.74) is 1.23. The average molecular weight is 236 g/mol. The summed E-state index contributed by atoms with van der Waals surface area (Å²) in [5.74, 6) is 0.680. The van der Waals surface area contributed by atoms with E-state index in [-0.39, 0.29) is 0 Å². The predicted octanol–water partition coefficient (Wildman–Crippen LogP) is 0.655. The molecule has 92 valence electrons. The fraction of sp³-hybridized carbons (Fsp3) is 0.455. The highest BCUT2D eigenvalue weighted by molar-refractivity contribution is 5.10. The van der Waals surface area contributed by atoms with Gasteiger partial charge in [0, 0.05) is 32.6 Å². The number of aromatic nitrogens is 3. The maximum absolute atomic E-state index is 4.96. The summed E-state index contributed by atoms with van der Waals surface area (Å²) in [7, 11) is 1.70. The second-order valence-corrected chi connectivity index (χ2v) is 3.71. The van der Waals surface area contributed by atoms with Gasteiger partial charge in [-0.15, -0.1) is 0 Å². The molecule has 0 aromatic carbocycles. The zero-order chi connectivity index (χ0) is 11.9. The molecule has 0 aliphatic carbocycles. The molecule has 17 heavy (non-hydrogen) atoms. The highest BCUT2D eigenvalue weighted by Gasteiger charge is 2.01. The predicted molar refractivity (Wildman–Crippen MR) is 61.4 cm³/mol. The Morgan fingerprint density at radius 2 is 2.47 bits per heavy atom. The first-order valence-corrected chi connectivity index (χ1v) is 5.48. The zero-order valence-corrected chi connectivity index (χ0v) is 9.80. The summed E-state index contributed by atoms with van der Waals surface area (Å²) in [5, 5.41) is 7.05. The van der Waals surface area contributed by atoms with E-state index in [4.69, 9.17) is 4.74 Å². The first-order chi connectivity index (χ1) is 8.38. The molecule has 6 nitrogen and oxygen atoms in total. The second-order valence-electron chi connectivity index (χ2n) is 3.71. The van der Waals surface area contributed by atoms with Gasteiger partial charge in [-0.05, 0) is 11.6 Å². The molecule has 0 spiro atoms. The normalized spacial score (nSPS) is 10.9. The van der Waals surface area contributed by atoms with Gasteiger partial charge < -0.3 is 19.1 Å². The van der Waals surface area contributed by atoms with Crippen LogP contribution < -0.4 is 5.32 Å². The summed E-state index contributed by atoms with van der Waals surface area (Å²) >= 11 is 0. The Kier molecular flexibility index (Phi) is 4.29. The number of ether oxygens (including phenoxy) is 1. The molecule has 1 N–H and O–H groups in total. The minimum atomic E-state index is 0.634. The Balaban J connectivity index is 1.79. The van der Waals surface area contributed by atoms with Gasteiger partial charge in [0.25, 0.3) is 0 Å². The number of rotatable bonds is 7. The molecule has 2 aromatic heterocycles. The third-order valence-corrected chi connectivity index (χ3v) is 2.35. The number of hydrogen-bond donors (Lipinski definition) is 1. The summed E-state index contributed by atoms with van der Waals surface area (Å²) in [4.78, 5) is 3.98. The molecule has 2 heterocycles. The Hall–Kier alpha value is -1.66. The van der Waals surface area contributed by atoms with Crippen LogP contribution in [-0.2, 0) is 17.8 Å². The van der Waals surface area contributed by atoms with Crippen molar-refractivity contribution in [2.75, 3.05) is 20.3 Å². The van der Waals surface area contributed by atoms with E-state index >= 15 is 0 Å². The van der Waals surface area contributed by atoms with Crippen LogP contribution >= 0.6 is 0 Å². The highest BCUT2D eigenvalue weighted by atomic mass is 16.5. The molecule has 2 rings (SSSR count). The van der Waals surface area contributed by atoms with Crippen molar-refractivity contribution >= 4 is 0 Å². The van der Waals surface area contributed by atoms with Gasteiger partial charge >= 0.3 is 0 Å². The lowest BCUT2D eigenvalue weighted by Crippen LogP contribution is -2.18. The maximum Gasteiger partial charge on any atom is 0.213 e. The molecule has 0 aliphatic heterocycles. The SMILES string of the molecule is COCCNCc1ccn(Cc2ncon2)c1. The van der Waals surface area contributed by atoms with Gasteiger partial charge in [0.15, 0.2) is 5.82 Å². The van der Waals surface area contributed by atoms with Crippen molar-refractivity contribution in [1.82, 2.24) is 20.0 Å². The molecular weight excluding hydrogens is 220 g/mol. The Labute approximate surface area is 99.6 Å². The highest BCUT2D eigenvalue weighted by Crippen LogP contribution is 2.03. The number of methoxy groups -OCH3 is 1. The second kappa shape index (κ2) is 6.17. The van der Waals surface area contributed by atoms with E-state index in [1.165, 1.54) is 12.0 Å². The fourth-order valence-corrected chi connectivity index (χ4v) is 1.53. The topological polar surface area (TPSA) is 65.1 Å². The molecule has 0 bridgehead atoms. The standard InChI is InChI=1S/C11H16N4O2/c1-16-5-3-12-6-10-2-4-15(7-10)8-11-13-9-17-14-11/h2,4,7,9,12H,3,5-6,8H2,1H3. The van der Waals surface area contributed by atoms with Gasteiger partial charge in [-0.1, -0.05) is 5.16 Å². The molecular formula is C11H16N4O2. The van der Waals surface area contributed by atoms with Crippen molar-refractivity contribution in [3.63, 3.8) is 0 Å². The average Bonchev–Trinajstić information content (AvgIpc) is 2.97. The van der Waals surface area contributed by atoms with Gasteiger partial charge in [0.2, 0.25) is 6.39 Å². The summed E-state index contributed by atoms with van der Waals surface area (Å²) in [6, 6.07) is 2.07. The molecule has 0 saturated carbocycles. The third-order valence-electron chi connectivity index (χ3n) is 2.35. The van der Waals surface area contributed by atoms with E-state index in [2.05, 4.69) is 32.2 Å². The van der Waals surface area contributed by atoms with Crippen molar-refractivity contribution in [1.29, 1.82) is 0 Å². The molecule has 0 aliphatic rings. The molecule has 6 heteroatoms. The maximum atomic E-state index is 4.96. The molecule has 2 aromatic rings. The van der Waals surface area contributed by atoms with Crippen molar-refractivity contribution in [3.05, 3.63) is 36.2 Å². The van der Waals surface area contributed by atoms with E-state index in [0.717, 1.165) is 19.7 Å². The summed E-state index contributed by atoms with van der Waals surface area (Å²) in [6.07, 6.45) is 5.41. The van der Waals surface area contributed by atoms with Crippen molar-refractivity contribution in [2.24, 2.45) is 0 Å². The van der Waals surface area contributed by atoms with Crippen LogP contribution in [0.2, 0.25) is 0 Å². The third kappa shape index (κ3) is 3.69. The van der Waals surface area contributed by atoms with Crippen LogP contribution in [0.15, 0.2) is 29.4 Å². The first-order valence-electron chi connectivity index (χ1n) is 5.48. The molecule has 0 radical (unpaired) electrons. The molecule has 0 atom stereocenters. The Morgan fingerprint density at radius 3 is 3.24 bits per heavy atom. The molecule has 0 amide bonds. The smallest absolute Gasteiger partial charge is 0.213 e. The van der Waals surface area contributed by atoms with E-state index < -0.39 is 0 Å². The lowest BCUT2D eigenvalue weighted by atomic mass is 10.3. The summed E-state index contributed by atoms with van der Waals surface area (Å²) < 4.78 is 11.7. The lowest BCUT2D eigenvalue weighted by molar-refractivity contribution is 0.199. The largest absolute Gasteiger partial charge is 0.383 e. The Morgan fingerprint density at radius 1 is 1.53 bits per heavy atom. The van der Waals surface area contributed by atoms with Gasteiger partial charge in [0.1, 0.15) is 0 Å². The van der Waals surface area contributed by atoms with Crippen LogP contribution in [0.3, 0.4) is 0 Å². The number of hydrogen-bond acceptors (Lipinski definition) is 5. The molecule has 0 unspecified atom stereocenters. The van der Waals surface area contributed by atoms with Gasteiger partial charge in [-0.3, -0.25) is 0 Å².